The van der Waals surface area contributed by atoms with Gasteiger partial charge in [0.25, 0.3) is 5.56 Å². The van der Waals surface area contributed by atoms with Crippen molar-refractivity contribution in [2.24, 2.45) is 0 Å². The molecule has 0 N–H and O–H groups in total. The maximum atomic E-state index is 12.6. The lowest BCUT2D eigenvalue weighted by Crippen LogP contribution is -2.24. The number of hydrogen-bond acceptors (Lipinski definition) is 4. The van der Waals surface area contributed by atoms with Gasteiger partial charge in [0.1, 0.15) is 12.4 Å². The van der Waals surface area contributed by atoms with Crippen LogP contribution in [0.25, 0.3) is 5.82 Å². The Kier molecular flexibility index (Phi) is 5.04. The molecule has 0 bridgehead atoms. The van der Waals surface area contributed by atoms with Gasteiger partial charge in [0, 0.05) is 17.5 Å². The SMILES string of the molecule is Cc1cccc(-n2cccc(CC(=O)OCc3ccccc3)c2=O)n1. The third-order valence-electron chi connectivity index (χ3n) is 3.72. The van der Waals surface area contributed by atoms with E-state index in [0.717, 1.165) is 11.3 Å². The summed E-state index contributed by atoms with van der Waals surface area (Å²) in [5, 5.41) is 0. The normalized spacial score (nSPS) is 10.4. The monoisotopic (exact) mass is 334 g/mol. The molecule has 2 heterocycles. The first-order chi connectivity index (χ1) is 12.1. The van der Waals surface area contributed by atoms with Crippen LogP contribution in [0.1, 0.15) is 16.8 Å². The average molecular weight is 334 g/mol. The zero-order valence-electron chi connectivity index (χ0n) is 13.9. The Hall–Kier alpha value is -3.21. The Bertz CT molecular complexity index is 933. The van der Waals surface area contributed by atoms with Crippen molar-refractivity contribution < 1.29 is 9.53 Å². The second kappa shape index (κ2) is 7.57. The molecule has 0 atom stereocenters. The quantitative estimate of drug-likeness (QED) is 0.673. The highest BCUT2D eigenvalue weighted by molar-refractivity contribution is 5.72. The Morgan fingerprint density at radius 3 is 2.60 bits per heavy atom. The molecule has 0 aliphatic heterocycles. The van der Waals surface area contributed by atoms with E-state index < -0.39 is 5.97 Å². The lowest BCUT2D eigenvalue weighted by Gasteiger charge is -2.08. The summed E-state index contributed by atoms with van der Waals surface area (Å²) in [4.78, 5) is 29.0. The fourth-order valence-electron chi connectivity index (χ4n) is 2.46. The molecule has 3 rings (SSSR count). The molecule has 0 aliphatic carbocycles. The van der Waals surface area contributed by atoms with E-state index >= 15 is 0 Å². The van der Waals surface area contributed by atoms with Crippen molar-refractivity contribution in [2.45, 2.75) is 20.0 Å². The molecular formula is C20H18N2O3. The standard InChI is InChI=1S/C20H18N2O3/c1-15-7-5-11-18(21-15)22-12-6-10-17(20(22)24)13-19(23)25-14-16-8-3-2-4-9-16/h2-12H,13-14H2,1H3. The first-order valence-electron chi connectivity index (χ1n) is 7.97. The molecule has 0 radical (unpaired) electrons. The highest BCUT2D eigenvalue weighted by Crippen LogP contribution is 2.06. The third kappa shape index (κ3) is 4.20. The lowest BCUT2D eigenvalue weighted by atomic mass is 10.2. The largest absolute Gasteiger partial charge is 0.461 e. The molecule has 0 spiro atoms. The van der Waals surface area contributed by atoms with Crippen molar-refractivity contribution in [2.75, 3.05) is 0 Å². The molecule has 0 saturated heterocycles. The minimum atomic E-state index is -0.434. The van der Waals surface area contributed by atoms with Crippen LogP contribution in [0.2, 0.25) is 0 Å². The van der Waals surface area contributed by atoms with E-state index in [1.54, 1.807) is 24.4 Å². The molecule has 25 heavy (non-hydrogen) atoms. The van der Waals surface area contributed by atoms with Gasteiger partial charge in [0.2, 0.25) is 0 Å². The zero-order chi connectivity index (χ0) is 17.6. The van der Waals surface area contributed by atoms with Gasteiger partial charge in [-0.2, -0.15) is 0 Å². The first kappa shape index (κ1) is 16.6. The number of hydrogen-bond donors (Lipinski definition) is 0. The number of rotatable bonds is 5. The highest BCUT2D eigenvalue weighted by Gasteiger charge is 2.11. The lowest BCUT2D eigenvalue weighted by molar-refractivity contribution is -0.144. The van der Waals surface area contributed by atoms with Crippen LogP contribution in [0.3, 0.4) is 0 Å². The molecule has 5 nitrogen and oxygen atoms in total. The molecule has 126 valence electrons. The van der Waals surface area contributed by atoms with Gasteiger partial charge in [0.05, 0.1) is 6.42 Å². The maximum Gasteiger partial charge on any atom is 0.310 e. The van der Waals surface area contributed by atoms with Crippen LogP contribution in [-0.2, 0) is 22.6 Å². The number of aryl methyl sites for hydroxylation is 1. The number of aromatic nitrogens is 2. The highest BCUT2D eigenvalue weighted by atomic mass is 16.5. The van der Waals surface area contributed by atoms with Crippen LogP contribution in [0.4, 0.5) is 0 Å². The smallest absolute Gasteiger partial charge is 0.310 e. The maximum absolute atomic E-state index is 12.6. The van der Waals surface area contributed by atoms with Gasteiger partial charge in [-0.1, -0.05) is 42.5 Å². The van der Waals surface area contributed by atoms with Crippen LogP contribution < -0.4 is 5.56 Å². The van der Waals surface area contributed by atoms with Crippen molar-refractivity contribution in [1.82, 2.24) is 9.55 Å². The fraction of sp³-hybridized carbons (Fsp3) is 0.150. The molecule has 0 aliphatic rings. The van der Waals surface area contributed by atoms with Crippen molar-refractivity contribution >= 4 is 5.97 Å². The van der Waals surface area contributed by atoms with Crippen LogP contribution >= 0.6 is 0 Å². The van der Waals surface area contributed by atoms with Crippen molar-refractivity contribution in [1.29, 1.82) is 0 Å². The minimum absolute atomic E-state index is 0.0711. The van der Waals surface area contributed by atoms with E-state index in [1.807, 2.05) is 49.4 Å². The number of pyridine rings is 2. The van der Waals surface area contributed by atoms with E-state index in [-0.39, 0.29) is 18.6 Å². The molecular weight excluding hydrogens is 316 g/mol. The molecule has 0 fully saturated rings. The summed E-state index contributed by atoms with van der Waals surface area (Å²) in [6, 6.07) is 18.2. The van der Waals surface area contributed by atoms with Gasteiger partial charge < -0.3 is 4.74 Å². The van der Waals surface area contributed by atoms with Crippen molar-refractivity contribution in [3.05, 3.63) is 94.0 Å². The number of ether oxygens (including phenoxy) is 1. The summed E-state index contributed by atoms with van der Waals surface area (Å²) in [5.74, 6) is 0.0976. The van der Waals surface area contributed by atoms with Gasteiger partial charge in [-0.3, -0.25) is 14.2 Å². The van der Waals surface area contributed by atoms with E-state index in [1.165, 1.54) is 4.57 Å². The first-order valence-corrected chi connectivity index (χ1v) is 7.97. The second-order valence-electron chi connectivity index (χ2n) is 5.67. The van der Waals surface area contributed by atoms with Crippen molar-refractivity contribution in [3.8, 4) is 5.82 Å². The summed E-state index contributed by atoms with van der Waals surface area (Å²) in [6.07, 6.45) is 1.57. The Morgan fingerprint density at radius 2 is 1.84 bits per heavy atom. The van der Waals surface area contributed by atoms with E-state index in [9.17, 15) is 9.59 Å². The summed E-state index contributed by atoms with van der Waals surface area (Å²) in [6.45, 7) is 2.06. The van der Waals surface area contributed by atoms with Gasteiger partial charge in [0.15, 0.2) is 0 Å². The number of benzene rings is 1. The number of esters is 1. The van der Waals surface area contributed by atoms with Crippen LogP contribution in [0.5, 0.6) is 0 Å². The van der Waals surface area contributed by atoms with Crippen LogP contribution in [0, 0.1) is 6.92 Å². The molecule has 1 aromatic carbocycles. The molecule has 2 aromatic heterocycles. The summed E-state index contributed by atoms with van der Waals surface area (Å²) in [7, 11) is 0. The zero-order valence-corrected chi connectivity index (χ0v) is 13.9. The molecule has 0 amide bonds. The van der Waals surface area contributed by atoms with Gasteiger partial charge in [-0.25, -0.2) is 4.98 Å². The predicted molar refractivity (Wildman–Crippen MR) is 94.5 cm³/mol. The fourth-order valence-corrected chi connectivity index (χ4v) is 2.46. The topological polar surface area (TPSA) is 61.2 Å². The summed E-state index contributed by atoms with van der Waals surface area (Å²) < 4.78 is 6.69. The van der Waals surface area contributed by atoms with E-state index in [0.29, 0.717) is 11.4 Å². The number of carbonyl (C=O) groups excluding carboxylic acids is 1. The molecule has 0 saturated carbocycles. The minimum Gasteiger partial charge on any atom is -0.461 e. The molecule has 0 unspecified atom stereocenters. The Labute approximate surface area is 145 Å². The summed E-state index contributed by atoms with van der Waals surface area (Å²) in [5.41, 5.74) is 1.84. The Balaban J connectivity index is 1.74. The molecule has 3 aromatic rings. The Morgan fingerprint density at radius 1 is 1.04 bits per heavy atom. The van der Waals surface area contributed by atoms with Gasteiger partial charge in [-0.05, 0) is 30.7 Å². The van der Waals surface area contributed by atoms with Crippen LogP contribution in [-0.4, -0.2) is 15.5 Å². The number of nitrogens with zero attached hydrogens (tertiary/aromatic N) is 2. The van der Waals surface area contributed by atoms with Gasteiger partial charge >= 0.3 is 5.97 Å². The van der Waals surface area contributed by atoms with Gasteiger partial charge in [-0.15, -0.1) is 0 Å². The van der Waals surface area contributed by atoms with Crippen molar-refractivity contribution in [3.63, 3.8) is 0 Å². The van der Waals surface area contributed by atoms with Crippen LogP contribution in [0.15, 0.2) is 71.7 Å². The third-order valence-corrected chi connectivity index (χ3v) is 3.72. The summed E-state index contributed by atoms with van der Waals surface area (Å²) >= 11 is 0. The molecule has 5 heteroatoms. The number of carbonyl (C=O) groups is 1. The van der Waals surface area contributed by atoms with E-state index in [2.05, 4.69) is 4.98 Å². The van der Waals surface area contributed by atoms with E-state index in [4.69, 9.17) is 4.74 Å². The second-order valence-corrected chi connectivity index (χ2v) is 5.67. The predicted octanol–water partition coefficient (Wildman–Crippen LogP) is 2.83. The average Bonchev–Trinajstić information content (AvgIpc) is 2.63.